The van der Waals surface area contributed by atoms with E-state index in [-0.39, 0.29) is 0 Å². The van der Waals surface area contributed by atoms with E-state index in [4.69, 9.17) is 4.99 Å². The van der Waals surface area contributed by atoms with Gasteiger partial charge in [0.1, 0.15) is 5.82 Å². The molecule has 3 rings (SSSR count). The van der Waals surface area contributed by atoms with Gasteiger partial charge in [-0.1, -0.05) is 18.9 Å². The Morgan fingerprint density at radius 2 is 1.93 bits per heavy atom. The number of hydrogen-bond acceptors (Lipinski definition) is 5. The van der Waals surface area contributed by atoms with Gasteiger partial charge in [-0.2, -0.15) is 0 Å². The molecule has 0 bridgehead atoms. The average Bonchev–Trinajstić information content (AvgIpc) is 2.95. The molecule has 0 radical (unpaired) electrons. The van der Waals surface area contributed by atoms with E-state index in [1.165, 1.54) is 30.6 Å². The fourth-order valence-electron chi connectivity index (χ4n) is 3.31. The van der Waals surface area contributed by atoms with Crippen molar-refractivity contribution >= 4 is 23.1 Å². The number of nitrogens with zero attached hydrogens (tertiary/aromatic N) is 4. The molecule has 1 aliphatic rings. The maximum Gasteiger partial charge on any atom is 0.191 e. The minimum atomic E-state index is 0.624. The molecular weight excluding hydrogens is 368 g/mol. The quantitative estimate of drug-likeness (QED) is 0.550. The fourth-order valence-corrected chi connectivity index (χ4v) is 4.10. The lowest BCUT2D eigenvalue weighted by Gasteiger charge is -2.21. The largest absolute Gasteiger partial charge is 0.357 e. The molecule has 0 amide bonds. The van der Waals surface area contributed by atoms with E-state index < -0.39 is 0 Å². The molecule has 2 aromatic rings. The van der Waals surface area contributed by atoms with Crippen molar-refractivity contribution < 1.29 is 0 Å². The van der Waals surface area contributed by atoms with Gasteiger partial charge in [-0.3, -0.25) is 0 Å². The van der Waals surface area contributed by atoms with Crippen molar-refractivity contribution in [1.29, 1.82) is 0 Å². The van der Waals surface area contributed by atoms with Crippen LogP contribution in [0.5, 0.6) is 0 Å². The molecule has 0 unspecified atom stereocenters. The second-order valence-corrected chi connectivity index (χ2v) is 8.48. The van der Waals surface area contributed by atoms with Gasteiger partial charge < -0.3 is 15.5 Å². The summed E-state index contributed by atoms with van der Waals surface area (Å²) in [5.74, 6) is 1.94. The van der Waals surface area contributed by atoms with Gasteiger partial charge in [0.05, 0.1) is 11.6 Å². The lowest BCUT2D eigenvalue weighted by atomic mass is 10.2. The monoisotopic (exact) mass is 400 g/mol. The lowest BCUT2D eigenvalue weighted by Crippen LogP contribution is -2.38. The first-order valence-electron chi connectivity index (χ1n) is 10.4. The Labute approximate surface area is 172 Å². The first-order chi connectivity index (χ1) is 13.7. The molecule has 152 valence electrons. The average molecular weight is 401 g/mol. The molecule has 0 aromatic carbocycles. The molecule has 1 aliphatic heterocycles. The van der Waals surface area contributed by atoms with Crippen LogP contribution in [-0.4, -0.2) is 42.1 Å². The molecule has 0 atom stereocenters. The molecule has 0 saturated carbocycles. The molecular formula is C21H32N6S. The van der Waals surface area contributed by atoms with Crippen LogP contribution in [0.3, 0.4) is 0 Å². The minimum absolute atomic E-state index is 0.624. The van der Waals surface area contributed by atoms with Gasteiger partial charge in [0.15, 0.2) is 5.96 Å². The summed E-state index contributed by atoms with van der Waals surface area (Å²) < 4.78 is 0. The third-order valence-electron chi connectivity index (χ3n) is 4.80. The van der Waals surface area contributed by atoms with Crippen LogP contribution in [0.25, 0.3) is 0 Å². The highest BCUT2D eigenvalue weighted by Gasteiger charge is 2.10. The molecule has 2 N–H and O–H groups in total. The van der Waals surface area contributed by atoms with E-state index in [2.05, 4.69) is 51.5 Å². The van der Waals surface area contributed by atoms with E-state index >= 15 is 0 Å². The summed E-state index contributed by atoms with van der Waals surface area (Å²) in [6, 6.07) is 4.29. The Morgan fingerprint density at radius 1 is 1.11 bits per heavy atom. The van der Waals surface area contributed by atoms with Crippen molar-refractivity contribution in [2.24, 2.45) is 4.99 Å². The highest BCUT2D eigenvalue weighted by atomic mass is 32.1. The predicted molar refractivity (Wildman–Crippen MR) is 118 cm³/mol. The topological polar surface area (TPSA) is 65.4 Å². The predicted octanol–water partition coefficient (Wildman–Crippen LogP) is 3.52. The molecule has 3 heterocycles. The molecule has 6 nitrogen and oxygen atoms in total. The van der Waals surface area contributed by atoms with Crippen LogP contribution in [0.15, 0.2) is 29.5 Å². The van der Waals surface area contributed by atoms with Crippen LogP contribution in [0.2, 0.25) is 0 Å². The number of thiazole rings is 1. The van der Waals surface area contributed by atoms with E-state index in [0.717, 1.165) is 54.9 Å². The van der Waals surface area contributed by atoms with Gasteiger partial charge in [-0.15, -0.1) is 11.3 Å². The van der Waals surface area contributed by atoms with Gasteiger partial charge >= 0.3 is 0 Å². The highest BCUT2D eigenvalue weighted by molar-refractivity contribution is 7.11. The summed E-state index contributed by atoms with van der Waals surface area (Å²) >= 11 is 1.75. The zero-order valence-electron chi connectivity index (χ0n) is 17.1. The number of hydrogen-bond donors (Lipinski definition) is 2. The molecule has 0 spiro atoms. The van der Waals surface area contributed by atoms with Crippen LogP contribution in [0, 0.1) is 6.92 Å². The number of anilines is 1. The zero-order chi connectivity index (χ0) is 19.6. The molecule has 0 aliphatic carbocycles. The first kappa shape index (κ1) is 20.6. The SMILES string of the molecule is CCNC(=NCc1ccc(N2CCCCCC2)nc1)NCCc1ncc(C)s1. The first-order valence-corrected chi connectivity index (χ1v) is 11.2. The number of aliphatic imine (C=N–C) groups is 1. The van der Waals surface area contributed by atoms with E-state index in [9.17, 15) is 0 Å². The smallest absolute Gasteiger partial charge is 0.191 e. The van der Waals surface area contributed by atoms with Crippen molar-refractivity contribution in [2.45, 2.75) is 52.5 Å². The normalized spacial score (nSPS) is 15.4. The summed E-state index contributed by atoms with van der Waals surface area (Å²) in [6.45, 7) is 8.71. The third-order valence-corrected chi connectivity index (χ3v) is 5.78. The van der Waals surface area contributed by atoms with E-state index in [1.54, 1.807) is 11.3 Å². The Kier molecular flexibility index (Phi) is 8.08. The number of nitrogens with one attached hydrogen (secondary N) is 2. The number of guanidine groups is 1. The van der Waals surface area contributed by atoms with Crippen molar-refractivity contribution in [2.75, 3.05) is 31.1 Å². The maximum absolute atomic E-state index is 4.70. The van der Waals surface area contributed by atoms with Gasteiger partial charge in [0.2, 0.25) is 0 Å². The molecule has 7 heteroatoms. The van der Waals surface area contributed by atoms with Crippen molar-refractivity contribution in [3.63, 3.8) is 0 Å². The second kappa shape index (κ2) is 11.0. The van der Waals surface area contributed by atoms with Gasteiger partial charge in [-0.25, -0.2) is 15.0 Å². The molecule has 28 heavy (non-hydrogen) atoms. The van der Waals surface area contributed by atoms with Crippen LogP contribution < -0.4 is 15.5 Å². The molecule has 1 fully saturated rings. The second-order valence-electron chi connectivity index (χ2n) is 7.16. The van der Waals surface area contributed by atoms with Crippen molar-refractivity contribution in [3.8, 4) is 0 Å². The highest BCUT2D eigenvalue weighted by Crippen LogP contribution is 2.17. The fraction of sp³-hybridized carbons (Fsp3) is 0.571. The Hall–Kier alpha value is -2.15. The van der Waals surface area contributed by atoms with Gasteiger partial charge in [-0.05, 0) is 38.3 Å². The van der Waals surface area contributed by atoms with Crippen LogP contribution in [0.1, 0.15) is 48.1 Å². The van der Waals surface area contributed by atoms with Crippen LogP contribution in [-0.2, 0) is 13.0 Å². The molecule has 1 saturated heterocycles. The minimum Gasteiger partial charge on any atom is -0.357 e. The van der Waals surface area contributed by atoms with Gasteiger partial charge in [0.25, 0.3) is 0 Å². The number of rotatable bonds is 7. The van der Waals surface area contributed by atoms with Crippen LogP contribution >= 0.6 is 11.3 Å². The van der Waals surface area contributed by atoms with Gasteiger partial charge in [0, 0.05) is 49.9 Å². The summed E-state index contributed by atoms with van der Waals surface area (Å²) in [6.07, 6.45) is 10.0. The zero-order valence-corrected chi connectivity index (χ0v) is 17.9. The summed E-state index contributed by atoms with van der Waals surface area (Å²) in [5.41, 5.74) is 1.13. The Morgan fingerprint density at radius 3 is 2.57 bits per heavy atom. The number of aromatic nitrogens is 2. The van der Waals surface area contributed by atoms with E-state index in [0.29, 0.717) is 6.54 Å². The summed E-state index contributed by atoms with van der Waals surface area (Å²) in [5, 5.41) is 7.86. The number of pyridine rings is 1. The Bertz CT molecular complexity index is 732. The number of aryl methyl sites for hydroxylation is 1. The maximum atomic E-state index is 4.70. The van der Waals surface area contributed by atoms with Crippen molar-refractivity contribution in [3.05, 3.63) is 40.0 Å². The standard InChI is InChI=1S/C21H32N6S/c1-3-22-21(23-11-10-20-25-14-17(2)28-20)26-16-18-8-9-19(24-15-18)27-12-6-4-5-7-13-27/h8-9,14-15H,3-7,10-13,16H2,1-2H3,(H2,22,23,26). The van der Waals surface area contributed by atoms with E-state index in [1.807, 2.05) is 12.4 Å². The molecule has 2 aromatic heterocycles. The van der Waals surface area contributed by atoms with Crippen LogP contribution in [0.4, 0.5) is 5.82 Å². The lowest BCUT2D eigenvalue weighted by molar-refractivity contribution is 0.726. The summed E-state index contributed by atoms with van der Waals surface area (Å²) in [7, 11) is 0. The summed E-state index contributed by atoms with van der Waals surface area (Å²) in [4.78, 5) is 17.5. The Balaban J connectivity index is 1.51. The third kappa shape index (κ3) is 6.48. The van der Waals surface area contributed by atoms with Crippen molar-refractivity contribution in [1.82, 2.24) is 20.6 Å².